The maximum Gasteiger partial charge on any atom is 0.0795 e. The average Bonchev–Trinajstić information content (AvgIpc) is 2.90. The third-order valence-corrected chi connectivity index (χ3v) is 4.79. The van der Waals surface area contributed by atoms with E-state index < -0.39 is 0 Å². The van der Waals surface area contributed by atoms with Crippen LogP contribution in [0.5, 0.6) is 0 Å². The first kappa shape index (κ1) is 13.0. The van der Waals surface area contributed by atoms with Gasteiger partial charge in [0.05, 0.1) is 17.2 Å². The molecule has 0 aromatic carbocycles. The zero-order chi connectivity index (χ0) is 12.3. The molecule has 2 rings (SSSR count). The van der Waals surface area contributed by atoms with Gasteiger partial charge < -0.3 is 5.73 Å². The van der Waals surface area contributed by atoms with Gasteiger partial charge in [0, 0.05) is 11.4 Å². The summed E-state index contributed by atoms with van der Waals surface area (Å²) in [5.74, 6) is 0.662. The summed E-state index contributed by atoms with van der Waals surface area (Å²) in [6, 6.07) is 1.03. The summed E-state index contributed by atoms with van der Waals surface area (Å²) in [7, 11) is 2.22. The van der Waals surface area contributed by atoms with Crippen LogP contribution >= 0.6 is 11.3 Å². The Bertz CT molecular complexity index is 325. The van der Waals surface area contributed by atoms with E-state index in [-0.39, 0.29) is 0 Å². The summed E-state index contributed by atoms with van der Waals surface area (Å²) in [4.78, 5) is 6.91. The number of nitrogens with zero attached hydrogens (tertiary/aromatic N) is 2. The van der Waals surface area contributed by atoms with Crippen molar-refractivity contribution in [3.8, 4) is 0 Å². The molecule has 96 valence electrons. The second-order valence-electron chi connectivity index (χ2n) is 5.10. The third-order valence-electron chi connectivity index (χ3n) is 4.19. The quantitative estimate of drug-likeness (QED) is 0.897. The Morgan fingerprint density at radius 2 is 2.29 bits per heavy atom. The molecular weight excluding hydrogens is 230 g/mol. The second kappa shape index (κ2) is 5.94. The van der Waals surface area contributed by atoms with Crippen molar-refractivity contribution in [2.75, 3.05) is 13.6 Å². The number of hydrogen-bond acceptors (Lipinski definition) is 4. The number of thiazole rings is 1. The highest BCUT2D eigenvalue weighted by Crippen LogP contribution is 2.31. The summed E-state index contributed by atoms with van der Waals surface area (Å²) in [5.41, 5.74) is 9.02. The molecule has 1 fully saturated rings. The van der Waals surface area contributed by atoms with Crippen LogP contribution in [0.15, 0.2) is 10.9 Å². The van der Waals surface area contributed by atoms with Gasteiger partial charge in [0.25, 0.3) is 0 Å². The van der Waals surface area contributed by atoms with Crippen LogP contribution in [0.2, 0.25) is 0 Å². The maximum absolute atomic E-state index is 5.91. The molecule has 1 aromatic rings. The van der Waals surface area contributed by atoms with Crippen molar-refractivity contribution in [3.05, 3.63) is 16.6 Å². The van der Waals surface area contributed by atoms with Gasteiger partial charge in [-0.05, 0) is 39.3 Å². The van der Waals surface area contributed by atoms with Crippen molar-refractivity contribution in [1.29, 1.82) is 0 Å². The normalized spacial score (nSPS) is 27.3. The molecule has 0 bridgehead atoms. The molecule has 0 saturated heterocycles. The van der Waals surface area contributed by atoms with E-state index >= 15 is 0 Å². The molecule has 0 radical (unpaired) electrons. The van der Waals surface area contributed by atoms with Gasteiger partial charge in [-0.15, -0.1) is 11.3 Å². The Kier molecular flexibility index (Phi) is 4.54. The molecule has 1 heterocycles. The van der Waals surface area contributed by atoms with Crippen LogP contribution in [0.3, 0.4) is 0 Å². The van der Waals surface area contributed by atoms with E-state index in [1.807, 2.05) is 5.51 Å². The monoisotopic (exact) mass is 253 g/mol. The van der Waals surface area contributed by atoms with Gasteiger partial charge in [0.2, 0.25) is 0 Å². The van der Waals surface area contributed by atoms with Crippen molar-refractivity contribution in [3.63, 3.8) is 0 Å². The van der Waals surface area contributed by atoms with E-state index in [0.29, 0.717) is 18.0 Å². The summed E-state index contributed by atoms with van der Waals surface area (Å²) in [5, 5.41) is 2.15. The highest BCUT2D eigenvalue weighted by atomic mass is 32.1. The van der Waals surface area contributed by atoms with Crippen LogP contribution in [0.4, 0.5) is 0 Å². The van der Waals surface area contributed by atoms with E-state index in [4.69, 9.17) is 5.73 Å². The lowest BCUT2D eigenvalue weighted by atomic mass is 9.83. The Hall–Kier alpha value is -0.450. The molecule has 0 amide bonds. The molecule has 1 aliphatic rings. The van der Waals surface area contributed by atoms with Crippen LogP contribution < -0.4 is 5.73 Å². The van der Waals surface area contributed by atoms with Crippen LogP contribution in [-0.2, 0) is 0 Å². The highest BCUT2D eigenvalue weighted by molar-refractivity contribution is 7.07. The molecule has 2 N–H and O–H groups in total. The van der Waals surface area contributed by atoms with Gasteiger partial charge >= 0.3 is 0 Å². The molecule has 17 heavy (non-hydrogen) atoms. The summed E-state index contributed by atoms with van der Waals surface area (Å²) in [6.45, 7) is 3.07. The second-order valence-corrected chi connectivity index (χ2v) is 5.82. The zero-order valence-corrected chi connectivity index (χ0v) is 11.6. The van der Waals surface area contributed by atoms with Crippen molar-refractivity contribution in [2.24, 2.45) is 11.7 Å². The van der Waals surface area contributed by atoms with Crippen LogP contribution in [0.25, 0.3) is 0 Å². The number of rotatable bonds is 4. The van der Waals surface area contributed by atoms with Crippen molar-refractivity contribution in [2.45, 2.75) is 44.7 Å². The smallest absolute Gasteiger partial charge is 0.0795 e. The molecular formula is C13H23N3S. The minimum Gasteiger partial charge on any atom is -0.330 e. The largest absolute Gasteiger partial charge is 0.330 e. The minimum absolute atomic E-state index is 0.401. The average molecular weight is 253 g/mol. The van der Waals surface area contributed by atoms with E-state index in [0.717, 1.165) is 6.54 Å². The Morgan fingerprint density at radius 3 is 2.94 bits per heavy atom. The lowest BCUT2D eigenvalue weighted by Crippen LogP contribution is -2.44. The first-order valence-electron chi connectivity index (χ1n) is 6.54. The van der Waals surface area contributed by atoms with Crippen LogP contribution in [0, 0.1) is 5.92 Å². The lowest BCUT2D eigenvalue weighted by Gasteiger charge is -2.40. The van der Waals surface area contributed by atoms with Gasteiger partial charge in [-0.2, -0.15) is 0 Å². The summed E-state index contributed by atoms with van der Waals surface area (Å²) < 4.78 is 0. The molecule has 1 aliphatic carbocycles. The predicted octanol–water partition coefficient (Wildman–Crippen LogP) is 2.65. The Labute approximate surface area is 108 Å². The van der Waals surface area contributed by atoms with E-state index in [2.05, 4.69) is 29.2 Å². The number of aromatic nitrogens is 1. The first-order chi connectivity index (χ1) is 8.24. The molecule has 0 aliphatic heterocycles. The van der Waals surface area contributed by atoms with Crippen molar-refractivity contribution in [1.82, 2.24) is 9.88 Å². The standard InChI is InChI=1S/C13H23N3S/c1-10(12-8-17-9-15-12)16(2)13-6-4-3-5-11(13)7-14/h8-11,13H,3-7,14H2,1-2H3. The fourth-order valence-electron chi connectivity index (χ4n) is 2.92. The van der Waals surface area contributed by atoms with Gasteiger partial charge in [-0.3, -0.25) is 4.90 Å². The van der Waals surface area contributed by atoms with Crippen molar-refractivity contribution < 1.29 is 0 Å². The van der Waals surface area contributed by atoms with E-state index in [1.54, 1.807) is 11.3 Å². The fourth-order valence-corrected chi connectivity index (χ4v) is 3.56. The number of nitrogens with two attached hydrogens (primary N) is 1. The third kappa shape index (κ3) is 2.87. The van der Waals surface area contributed by atoms with E-state index in [9.17, 15) is 0 Å². The molecule has 0 spiro atoms. The Morgan fingerprint density at radius 1 is 1.53 bits per heavy atom. The van der Waals surface area contributed by atoms with Gasteiger partial charge in [-0.1, -0.05) is 12.8 Å². The predicted molar refractivity (Wildman–Crippen MR) is 73.1 cm³/mol. The van der Waals surface area contributed by atoms with E-state index in [1.165, 1.54) is 31.4 Å². The van der Waals surface area contributed by atoms with Gasteiger partial charge in [0.15, 0.2) is 0 Å². The SMILES string of the molecule is CC(c1cscn1)N(C)C1CCCCC1CN. The molecule has 1 aromatic heterocycles. The van der Waals surface area contributed by atoms with Gasteiger partial charge in [-0.25, -0.2) is 4.98 Å². The van der Waals surface area contributed by atoms with Crippen molar-refractivity contribution >= 4 is 11.3 Å². The first-order valence-corrected chi connectivity index (χ1v) is 7.48. The minimum atomic E-state index is 0.401. The topological polar surface area (TPSA) is 42.2 Å². The summed E-state index contributed by atoms with van der Waals surface area (Å²) in [6.07, 6.45) is 5.26. The van der Waals surface area contributed by atoms with Crippen LogP contribution in [-0.4, -0.2) is 29.5 Å². The highest BCUT2D eigenvalue weighted by Gasteiger charge is 2.30. The lowest BCUT2D eigenvalue weighted by molar-refractivity contribution is 0.0975. The zero-order valence-electron chi connectivity index (χ0n) is 10.8. The molecule has 3 nitrogen and oxygen atoms in total. The molecule has 4 heteroatoms. The molecule has 1 saturated carbocycles. The molecule has 3 unspecified atom stereocenters. The van der Waals surface area contributed by atoms with Crippen LogP contribution in [0.1, 0.15) is 44.3 Å². The Balaban J connectivity index is 2.04. The molecule has 3 atom stereocenters. The maximum atomic E-state index is 5.91. The number of hydrogen-bond donors (Lipinski definition) is 1. The van der Waals surface area contributed by atoms with Gasteiger partial charge in [0.1, 0.15) is 0 Å². The fraction of sp³-hybridized carbons (Fsp3) is 0.769. The summed E-state index contributed by atoms with van der Waals surface area (Å²) >= 11 is 1.68.